The number of nitrogens with one attached hydrogen (secondary N) is 1. The van der Waals surface area contributed by atoms with Crippen LogP contribution in [0.3, 0.4) is 0 Å². The summed E-state index contributed by atoms with van der Waals surface area (Å²) in [5.74, 6) is -5.75. The van der Waals surface area contributed by atoms with E-state index >= 15 is 4.39 Å². The van der Waals surface area contributed by atoms with Gasteiger partial charge >= 0.3 is 17.9 Å². The van der Waals surface area contributed by atoms with Gasteiger partial charge in [-0.05, 0) is 31.5 Å². The number of amides is 1. The van der Waals surface area contributed by atoms with Crippen molar-refractivity contribution in [2.24, 2.45) is 0 Å². The van der Waals surface area contributed by atoms with Gasteiger partial charge in [-0.2, -0.15) is 17.9 Å². The lowest BCUT2D eigenvalue weighted by atomic mass is 10.1. The third-order valence-electron chi connectivity index (χ3n) is 5.07. The van der Waals surface area contributed by atoms with E-state index in [0.29, 0.717) is 30.2 Å². The molecular weight excluding hydrogens is 486 g/mol. The number of ether oxygens (including phenoxy) is 2. The Kier molecular flexibility index (Phi) is 6.21. The van der Waals surface area contributed by atoms with E-state index in [9.17, 15) is 31.5 Å². The molecule has 14 heteroatoms. The Hall–Kier alpha value is -3.97. The molecule has 0 saturated carbocycles. The minimum atomic E-state index is -4.88. The van der Waals surface area contributed by atoms with Crippen LogP contribution in [0, 0.1) is 17.5 Å². The first-order valence-corrected chi connectivity index (χ1v) is 10.1. The second-order valence-corrected chi connectivity index (χ2v) is 7.48. The zero-order valence-corrected chi connectivity index (χ0v) is 17.8. The molecule has 1 amide bonds. The SMILES string of the molecule is C[C@H](Oc1cc(-n2nc3n(c2=O)CCCO3)c(F)cc1C(=O)Nc1c(F)cccc1F)C(F)(F)F. The highest BCUT2D eigenvalue weighted by Gasteiger charge is 2.39. The Labute approximate surface area is 192 Å². The molecule has 0 radical (unpaired) electrons. The normalized spacial score (nSPS) is 14.1. The average molecular weight is 502 g/mol. The summed E-state index contributed by atoms with van der Waals surface area (Å²) >= 11 is 0. The maximum Gasteiger partial charge on any atom is 0.425 e. The van der Waals surface area contributed by atoms with Crippen molar-refractivity contribution in [3.05, 3.63) is 63.8 Å². The van der Waals surface area contributed by atoms with E-state index in [0.717, 1.165) is 22.8 Å². The first-order chi connectivity index (χ1) is 16.5. The molecule has 1 aliphatic rings. The van der Waals surface area contributed by atoms with Crippen LogP contribution in [-0.2, 0) is 6.54 Å². The van der Waals surface area contributed by atoms with Crippen molar-refractivity contribution in [2.75, 3.05) is 11.9 Å². The summed E-state index contributed by atoms with van der Waals surface area (Å²) in [6.07, 6.45) is -6.87. The van der Waals surface area contributed by atoms with E-state index in [2.05, 4.69) is 5.10 Å². The molecule has 1 N–H and O–H groups in total. The summed E-state index contributed by atoms with van der Waals surface area (Å²) in [6, 6.07) is 3.72. The molecule has 0 fully saturated rings. The second-order valence-electron chi connectivity index (χ2n) is 7.48. The largest absolute Gasteiger partial charge is 0.480 e. The van der Waals surface area contributed by atoms with Gasteiger partial charge < -0.3 is 14.8 Å². The lowest BCUT2D eigenvalue weighted by Gasteiger charge is -2.20. The van der Waals surface area contributed by atoms with Crippen molar-refractivity contribution >= 4 is 11.6 Å². The molecule has 0 unspecified atom stereocenters. The van der Waals surface area contributed by atoms with Crippen molar-refractivity contribution in [1.82, 2.24) is 14.3 Å². The number of benzene rings is 2. The Bertz CT molecular complexity index is 1330. The van der Waals surface area contributed by atoms with Gasteiger partial charge in [-0.15, -0.1) is 5.10 Å². The molecular formula is C21H16F6N4O4. The second kappa shape index (κ2) is 9.00. The van der Waals surface area contributed by atoms with Crippen LogP contribution in [0.15, 0.2) is 35.1 Å². The fraction of sp³-hybridized carbons (Fsp3) is 0.286. The van der Waals surface area contributed by atoms with Crippen LogP contribution in [0.4, 0.5) is 32.0 Å². The summed E-state index contributed by atoms with van der Waals surface area (Å²) < 4.78 is 94.1. The number of carbonyl (C=O) groups is 1. The smallest absolute Gasteiger partial charge is 0.425 e. The number of para-hydroxylation sites is 1. The summed E-state index contributed by atoms with van der Waals surface area (Å²) in [4.78, 5) is 25.3. The molecule has 0 aliphatic carbocycles. The molecule has 3 aromatic rings. The van der Waals surface area contributed by atoms with E-state index in [-0.39, 0.29) is 19.2 Å². The van der Waals surface area contributed by atoms with Crippen molar-refractivity contribution in [1.29, 1.82) is 0 Å². The summed E-state index contributed by atoms with van der Waals surface area (Å²) in [5, 5.41) is 5.70. The first kappa shape index (κ1) is 24.2. The minimum absolute atomic E-state index is 0.122. The third kappa shape index (κ3) is 4.68. The summed E-state index contributed by atoms with van der Waals surface area (Å²) in [5.41, 5.74) is -3.16. The monoisotopic (exact) mass is 502 g/mol. The lowest BCUT2D eigenvalue weighted by Crippen LogP contribution is -2.32. The molecule has 186 valence electrons. The Morgan fingerprint density at radius 1 is 1.17 bits per heavy atom. The summed E-state index contributed by atoms with van der Waals surface area (Å²) in [6.45, 7) is 1.11. The predicted octanol–water partition coefficient (Wildman–Crippen LogP) is 3.82. The number of anilines is 1. The van der Waals surface area contributed by atoms with Gasteiger partial charge in [-0.1, -0.05) is 6.07 Å². The van der Waals surface area contributed by atoms with E-state index < -0.39 is 64.0 Å². The molecule has 8 nitrogen and oxygen atoms in total. The molecule has 4 rings (SSSR count). The number of fused-ring (bicyclic) bond motifs is 1. The Balaban J connectivity index is 1.81. The molecule has 2 heterocycles. The number of rotatable bonds is 5. The first-order valence-electron chi connectivity index (χ1n) is 10.1. The maximum atomic E-state index is 15.0. The average Bonchev–Trinajstić information content (AvgIpc) is 3.13. The quantitative estimate of drug-likeness (QED) is 0.537. The zero-order chi connectivity index (χ0) is 25.5. The number of halogens is 6. The fourth-order valence-electron chi connectivity index (χ4n) is 3.25. The number of carbonyl (C=O) groups excluding carboxylic acids is 1. The van der Waals surface area contributed by atoms with Crippen molar-refractivity contribution < 1.29 is 40.6 Å². The molecule has 1 aromatic heterocycles. The highest BCUT2D eigenvalue weighted by atomic mass is 19.4. The number of nitrogens with zero attached hydrogens (tertiary/aromatic N) is 3. The number of alkyl halides is 3. The molecule has 0 bridgehead atoms. The van der Waals surface area contributed by atoms with E-state index in [1.807, 2.05) is 5.32 Å². The van der Waals surface area contributed by atoms with E-state index in [1.54, 1.807) is 0 Å². The van der Waals surface area contributed by atoms with Crippen LogP contribution in [0.1, 0.15) is 23.7 Å². The molecule has 1 aliphatic heterocycles. The van der Waals surface area contributed by atoms with Gasteiger partial charge in [0.25, 0.3) is 5.91 Å². The van der Waals surface area contributed by atoms with Gasteiger partial charge in [0.1, 0.15) is 34.6 Å². The van der Waals surface area contributed by atoms with Crippen LogP contribution in [0.2, 0.25) is 0 Å². The molecule has 2 aromatic carbocycles. The predicted molar refractivity (Wildman–Crippen MR) is 108 cm³/mol. The van der Waals surface area contributed by atoms with Gasteiger partial charge in [-0.25, -0.2) is 22.5 Å². The highest BCUT2D eigenvalue weighted by molar-refractivity contribution is 6.06. The standard InChI is InChI=1S/C21H16F6N4O4/c1-10(21(25,26)27)35-16-9-15(31-20(33)30-6-3-7-34-19(30)29-31)14(24)8-11(16)18(32)28-17-12(22)4-2-5-13(17)23/h2,4-5,8-10H,3,6-7H2,1H3,(H,28,32)/t10-/m0/s1. The minimum Gasteiger partial charge on any atom is -0.480 e. The van der Waals surface area contributed by atoms with Gasteiger partial charge in [0.2, 0.25) is 0 Å². The van der Waals surface area contributed by atoms with Crippen LogP contribution < -0.4 is 20.5 Å². The van der Waals surface area contributed by atoms with Crippen molar-refractivity contribution in [3.63, 3.8) is 0 Å². The number of aromatic nitrogens is 3. The maximum absolute atomic E-state index is 15.0. The van der Waals surface area contributed by atoms with Crippen molar-refractivity contribution in [3.8, 4) is 17.4 Å². The highest BCUT2D eigenvalue weighted by Crippen LogP contribution is 2.31. The molecule has 1 atom stereocenters. The van der Waals surface area contributed by atoms with Crippen molar-refractivity contribution in [2.45, 2.75) is 32.2 Å². The molecule has 35 heavy (non-hydrogen) atoms. The molecule has 0 spiro atoms. The lowest BCUT2D eigenvalue weighted by molar-refractivity contribution is -0.189. The zero-order valence-electron chi connectivity index (χ0n) is 17.8. The van der Waals surface area contributed by atoms with Gasteiger partial charge in [0.05, 0.1) is 12.2 Å². The van der Waals surface area contributed by atoms with Crippen LogP contribution >= 0.6 is 0 Å². The van der Waals surface area contributed by atoms with Crippen LogP contribution in [-0.4, -0.2) is 39.1 Å². The van der Waals surface area contributed by atoms with Gasteiger partial charge in [0, 0.05) is 12.6 Å². The van der Waals surface area contributed by atoms with Gasteiger partial charge in [0.15, 0.2) is 6.10 Å². The van der Waals surface area contributed by atoms with Crippen LogP contribution in [0.25, 0.3) is 5.69 Å². The fourth-order valence-corrected chi connectivity index (χ4v) is 3.25. The Morgan fingerprint density at radius 2 is 1.86 bits per heavy atom. The number of hydrogen-bond donors (Lipinski definition) is 1. The van der Waals surface area contributed by atoms with E-state index in [1.165, 1.54) is 0 Å². The van der Waals surface area contributed by atoms with Gasteiger partial charge in [-0.3, -0.25) is 4.79 Å². The summed E-state index contributed by atoms with van der Waals surface area (Å²) in [7, 11) is 0. The Morgan fingerprint density at radius 3 is 2.49 bits per heavy atom. The molecule has 0 saturated heterocycles. The van der Waals surface area contributed by atoms with Crippen LogP contribution in [0.5, 0.6) is 11.8 Å². The van der Waals surface area contributed by atoms with E-state index in [4.69, 9.17) is 9.47 Å². The topological polar surface area (TPSA) is 87.4 Å². The third-order valence-corrected chi connectivity index (χ3v) is 5.07. The number of hydrogen-bond acceptors (Lipinski definition) is 5.